The third-order valence-electron chi connectivity index (χ3n) is 4.18. The highest BCUT2D eigenvalue weighted by molar-refractivity contribution is 7.13. The molecule has 2 aromatic rings. The van der Waals surface area contributed by atoms with E-state index in [9.17, 15) is 18.8 Å². The van der Waals surface area contributed by atoms with Gasteiger partial charge < -0.3 is 16.0 Å². The van der Waals surface area contributed by atoms with Crippen LogP contribution in [-0.4, -0.2) is 29.3 Å². The van der Waals surface area contributed by atoms with E-state index in [2.05, 4.69) is 20.9 Å². The molecule has 3 N–H and O–H groups in total. The smallest absolute Gasteiger partial charge is 0.238 e. The number of anilines is 2. The van der Waals surface area contributed by atoms with E-state index < -0.39 is 17.6 Å². The van der Waals surface area contributed by atoms with Crippen molar-refractivity contribution in [1.82, 2.24) is 10.3 Å². The molecule has 1 saturated heterocycles. The number of hydrogen-bond donors (Lipinski definition) is 3. The van der Waals surface area contributed by atoms with Crippen LogP contribution in [0.15, 0.2) is 23.6 Å². The SMILES string of the molecule is Cc1ccc(NC(=O)Cc2csc(NC(=O)C3CCCNC3=O)n2)cc1F. The van der Waals surface area contributed by atoms with Crippen LogP contribution < -0.4 is 16.0 Å². The molecule has 0 radical (unpaired) electrons. The molecule has 0 bridgehead atoms. The maximum atomic E-state index is 13.5. The Morgan fingerprint density at radius 1 is 1.37 bits per heavy atom. The number of nitrogens with one attached hydrogen (secondary N) is 3. The van der Waals surface area contributed by atoms with E-state index in [0.717, 1.165) is 6.42 Å². The van der Waals surface area contributed by atoms with Crippen molar-refractivity contribution in [3.8, 4) is 0 Å². The van der Waals surface area contributed by atoms with E-state index in [1.807, 2.05) is 0 Å². The minimum atomic E-state index is -0.717. The molecule has 3 amide bonds. The third-order valence-corrected chi connectivity index (χ3v) is 4.99. The van der Waals surface area contributed by atoms with Gasteiger partial charge >= 0.3 is 0 Å². The Hall–Kier alpha value is -2.81. The molecule has 27 heavy (non-hydrogen) atoms. The van der Waals surface area contributed by atoms with Crippen molar-refractivity contribution >= 4 is 39.9 Å². The van der Waals surface area contributed by atoms with Crippen molar-refractivity contribution < 1.29 is 18.8 Å². The predicted octanol–water partition coefficient (Wildman–Crippen LogP) is 2.24. The normalized spacial score (nSPS) is 16.5. The highest BCUT2D eigenvalue weighted by Gasteiger charge is 2.29. The maximum Gasteiger partial charge on any atom is 0.238 e. The molecule has 1 aromatic heterocycles. The average Bonchev–Trinajstić information content (AvgIpc) is 3.05. The van der Waals surface area contributed by atoms with E-state index in [1.54, 1.807) is 24.4 Å². The molecular weight excluding hydrogens is 371 g/mol. The van der Waals surface area contributed by atoms with Crippen LogP contribution in [0.2, 0.25) is 0 Å². The van der Waals surface area contributed by atoms with E-state index in [1.165, 1.54) is 17.4 Å². The van der Waals surface area contributed by atoms with Crippen LogP contribution in [0.25, 0.3) is 0 Å². The van der Waals surface area contributed by atoms with Gasteiger partial charge in [-0.15, -0.1) is 11.3 Å². The van der Waals surface area contributed by atoms with Gasteiger partial charge in [-0.1, -0.05) is 6.07 Å². The number of thiazole rings is 1. The number of nitrogens with zero attached hydrogens (tertiary/aromatic N) is 1. The quantitative estimate of drug-likeness (QED) is 0.682. The molecule has 1 aromatic carbocycles. The lowest BCUT2D eigenvalue weighted by atomic mass is 9.98. The van der Waals surface area contributed by atoms with E-state index in [0.29, 0.717) is 35.0 Å². The summed E-state index contributed by atoms with van der Waals surface area (Å²) in [6.45, 7) is 2.23. The van der Waals surface area contributed by atoms with Crippen LogP contribution in [0, 0.1) is 18.7 Å². The number of carbonyl (C=O) groups excluding carboxylic acids is 3. The zero-order chi connectivity index (χ0) is 19.4. The second kappa shape index (κ2) is 8.26. The molecule has 0 saturated carbocycles. The first kappa shape index (κ1) is 19.0. The number of carbonyl (C=O) groups is 3. The molecule has 1 atom stereocenters. The van der Waals surface area contributed by atoms with E-state index in [4.69, 9.17) is 0 Å². The lowest BCUT2D eigenvalue weighted by molar-refractivity contribution is -0.134. The second-order valence-electron chi connectivity index (χ2n) is 6.31. The van der Waals surface area contributed by atoms with Gasteiger partial charge in [0.1, 0.15) is 11.7 Å². The largest absolute Gasteiger partial charge is 0.355 e. The predicted molar refractivity (Wildman–Crippen MR) is 99.9 cm³/mol. The first-order chi connectivity index (χ1) is 12.9. The Morgan fingerprint density at radius 3 is 2.93 bits per heavy atom. The number of aromatic nitrogens is 1. The van der Waals surface area contributed by atoms with Crippen molar-refractivity contribution in [1.29, 1.82) is 0 Å². The molecule has 0 spiro atoms. The van der Waals surface area contributed by atoms with E-state index >= 15 is 0 Å². The summed E-state index contributed by atoms with van der Waals surface area (Å²) >= 11 is 1.18. The van der Waals surface area contributed by atoms with Crippen molar-refractivity contribution in [3.63, 3.8) is 0 Å². The summed E-state index contributed by atoms with van der Waals surface area (Å²) < 4.78 is 13.5. The molecule has 1 aliphatic rings. The Morgan fingerprint density at radius 2 is 2.19 bits per heavy atom. The van der Waals surface area contributed by atoms with Gasteiger partial charge in [0.2, 0.25) is 17.7 Å². The van der Waals surface area contributed by atoms with Gasteiger partial charge in [0.15, 0.2) is 5.13 Å². The first-order valence-electron chi connectivity index (χ1n) is 8.51. The monoisotopic (exact) mass is 390 g/mol. The van der Waals surface area contributed by atoms with Crippen LogP contribution in [0.5, 0.6) is 0 Å². The molecular formula is C18H19FN4O3S. The fourth-order valence-electron chi connectivity index (χ4n) is 2.70. The summed E-state index contributed by atoms with van der Waals surface area (Å²) in [5, 5.41) is 9.90. The third kappa shape index (κ3) is 4.88. The van der Waals surface area contributed by atoms with Crippen molar-refractivity contribution in [2.75, 3.05) is 17.2 Å². The fraction of sp³-hybridized carbons (Fsp3) is 0.333. The van der Waals surface area contributed by atoms with Crippen LogP contribution in [0.4, 0.5) is 15.2 Å². The number of hydrogen-bond acceptors (Lipinski definition) is 5. The number of benzene rings is 1. The van der Waals surface area contributed by atoms with Gasteiger partial charge in [0, 0.05) is 17.6 Å². The Labute approximate surface area is 159 Å². The Kier molecular flexibility index (Phi) is 5.80. The van der Waals surface area contributed by atoms with Gasteiger partial charge in [0.25, 0.3) is 0 Å². The first-order valence-corrected chi connectivity index (χ1v) is 9.39. The minimum Gasteiger partial charge on any atom is -0.355 e. The standard InChI is InChI=1S/C18H19FN4O3S/c1-10-4-5-11(7-14(10)19)21-15(24)8-12-9-27-18(22-12)23-17(26)13-3-2-6-20-16(13)25/h4-5,7,9,13H,2-3,6,8H2,1H3,(H,20,25)(H,21,24)(H,22,23,26). The number of rotatable bonds is 5. The van der Waals surface area contributed by atoms with Gasteiger partial charge in [-0.2, -0.15) is 0 Å². The summed E-state index contributed by atoms with van der Waals surface area (Å²) in [6, 6.07) is 4.47. The number of aryl methyl sites for hydroxylation is 1. The summed E-state index contributed by atoms with van der Waals surface area (Å²) in [5.41, 5.74) is 1.35. The lowest BCUT2D eigenvalue weighted by Crippen LogP contribution is -2.42. The highest BCUT2D eigenvalue weighted by Crippen LogP contribution is 2.20. The number of amides is 3. The number of piperidine rings is 1. The molecule has 9 heteroatoms. The molecule has 1 aliphatic heterocycles. The molecule has 7 nitrogen and oxygen atoms in total. The lowest BCUT2D eigenvalue weighted by Gasteiger charge is -2.20. The summed E-state index contributed by atoms with van der Waals surface area (Å²) in [6.07, 6.45) is 1.25. The van der Waals surface area contributed by atoms with Gasteiger partial charge in [-0.25, -0.2) is 9.37 Å². The molecule has 1 unspecified atom stereocenters. The average molecular weight is 390 g/mol. The van der Waals surface area contributed by atoms with Gasteiger partial charge in [0.05, 0.1) is 12.1 Å². The molecule has 0 aliphatic carbocycles. The highest BCUT2D eigenvalue weighted by atomic mass is 32.1. The van der Waals surface area contributed by atoms with Gasteiger partial charge in [-0.05, 0) is 37.5 Å². The molecule has 2 heterocycles. The maximum absolute atomic E-state index is 13.5. The van der Waals surface area contributed by atoms with Crippen molar-refractivity contribution in [2.45, 2.75) is 26.2 Å². The van der Waals surface area contributed by atoms with Crippen LogP contribution in [-0.2, 0) is 20.8 Å². The molecule has 142 valence electrons. The summed E-state index contributed by atoms with van der Waals surface area (Å²) in [5.74, 6) is -2.12. The van der Waals surface area contributed by atoms with Gasteiger partial charge in [-0.3, -0.25) is 14.4 Å². The minimum absolute atomic E-state index is 0.00815. The summed E-state index contributed by atoms with van der Waals surface area (Å²) in [4.78, 5) is 40.2. The summed E-state index contributed by atoms with van der Waals surface area (Å²) in [7, 11) is 0. The van der Waals surface area contributed by atoms with Crippen LogP contribution in [0.3, 0.4) is 0 Å². The fourth-order valence-corrected chi connectivity index (χ4v) is 3.41. The number of halogens is 1. The Bertz CT molecular complexity index is 883. The van der Waals surface area contributed by atoms with Crippen molar-refractivity contribution in [2.24, 2.45) is 5.92 Å². The van der Waals surface area contributed by atoms with Crippen LogP contribution >= 0.6 is 11.3 Å². The van der Waals surface area contributed by atoms with Crippen molar-refractivity contribution in [3.05, 3.63) is 40.7 Å². The van der Waals surface area contributed by atoms with E-state index in [-0.39, 0.29) is 18.2 Å². The molecule has 3 rings (SSSR count). The Balaban J connectivity index is 1.55. The second-order valence-corrected chi connectivity index (χ2v) is 7.17. The molecule has 1 fully saturated rings. The topological polar surface area (TPSA) is 100 Å². The van der Waals surface area contributed by atoms with Crippen LogP contribution in [0.1, 0.15) is 24.1 Å². The zero-order valence-electron chi connectivity index (χ0n) is 14.7. The zero-order valence-corrected chi connectivity index (χ0v) is 15.5.